The fourth-order valence-corrected chi connectivity index (χ4v) is 4.99. The second kappa shape index (κ2) is 9.72. The van der Waals surface area contributed by atoms with Crippen LogP contribution in [0, 0.1) is 0 Å². The highest BCUT2D eigenvalue weighted by Crippen LogP contribution is 2.42. The minimum absolute atomic E-state index is 0.187. The molecule has 2 aromatic carbocycles. The van der Waals surface area contributed by atoms with Gasteiger partial charge in [-0.3, -0.25) is 4.98 Å². The van der Waals surface area contributed by atoms with Crippen molar-refractivity contribution >= 4 is 29.0 Å². The number of ether oxygens (including phenoxy) is 1. The first-order valence-electron chi connectivity index (χ1n) is 11.6. The largest absolute Gasteiger partial charge is 0.465 e. The van der Waals surface area contributed by atoms with Crippen LogP contribution in [-0.4, -0.2) is 27.7 Å². The number of anilines is 1. The molecule has 0 unspecified atom stereocenters. The first-order valence-corrected chi connectivity index (χ1v) is 12.0. The van der Waals surface area contributed by atoms with E-state index in [2.05, 4.69) is 52.5 Å². The van der Waals surface area contributed by atoms with Gasteiger partial charge in [0.05, 0.1) is 30.1 Å². The number of thiocarbonyl (C=S) groups is 1. The predicted octanol–water partition coefficient (Wildman–Crippen LogP) is 5.40. The molecule has 4 aromatic rings. The van der Waals surface area contributed by atoms with Gasteiger partial charge in [0.2, 0.25) is 0 Å². The molecule has 0 amide bonds. The number of aromatic nitrogens is 2. The fraction of sp³-hybridized carbons (Fsp3) is 0.179. The summed E-state index contributed by atoms with van der Waals surface area (Å²) in [5.41, 5.74) is 5.37. The molecule has 2 aromatic heterocycles. The normalized spacial score (nSPS) is 17.3. The van der Waals surface area contributed by atoms with Crippen LogP contribution in [-0.2, 0) is 11.2 Å². The van der Waals surface area contributed by atoms with Crippen molar-refractivity contribution < 1.29 is 9.53 Å². The molecule has 1 aliphatic heterocycles. The molecular formula is C28H26N4O2S. The number of benzene rings is 2. The van der Waals surface area contributed by atoms with E-state index < -0.39 is 0 Å². The molecule has 1 saturated heterocycles. The van der Waals surface area contributed by atoms with Gasteiger partial charge in [-0.15, -0.1) is 0 Å². The molecular weight excluding hydrogens is 456 g/mol. The van der Waals surface area contributed by atoms with Crippen LogP contribution in [0.2, 0.25) is 0 Å². The van der Waals surface area contributed by atoms with E-state index in [1.807, 2.05) is 53.2 Å². The van der Waals surface area contributed by atoms with Crippen LogP contribution < -0.4 is 10.2 Å². The highest BCUT2D eigenvalue weighted by molar-refractivity contribution is 7.80. The maximum Gasteiger partial charge on any atom is 0.339 e. The number of pyridine rings is 1. The summed E-state index contributed by atoms with van der Waals surface area (Å²) in [4.78, 5) is 19.3. The van der Waals surface area contributed by atoms with Gasteiger partial charge in [-0.25, -0.2) is 4.79 Å². The highest BCUT2D eigenvalue weighted by atomic mass is 32.1. The van der Waals surface area contributed by atoms with Gasteiger partial charge in [-0.05, 0) is 72.7 Å². The Bertz CT molecular complexity index is 1350. The third-order valence-corrected chi connectivity index (χ3v) is 6.69. The number of aryl methyl sites for hydroxylation is 1. The number of para-hydroxylation sites is 1. The van der Waals surface area contributed by atoms with Crippen molar-refractivity contribution in [2.24, 2.45) is 0 Å². The summed E-state index contributed by atoms with van der Waals surface area (Å²) in [6.45, 7) is 2.14. The Balaban J connectivity index is 1.67. The molecule has 6 nitrogen and oxygen atoms in total. The van der Waals surface area contributed by atoms with Gasteiger partial charge in [-0.1, -0.05) is 37.3 Å². The number of esters is 1. The number of nitrogens with one attached hydrogen (secondary N) is 1. The van der Waals surface area contributed by atoms with Crippen molar-refractivity contribution in [3.63, 3.8) is 0 Å². The average molecular weight is 483 g/mol. The molecule has 0 radical (unpaired) electrons. The topological polar surface area (TPSA) is 59.4 Å². The minimum atomic E-state index is -0.381. The molecule has 176 valence electrons. The van der Waals surface area contributed by atoms with Crippen LogP contribution in [0.1, 0.15) is 46.3 Å². The van der Waals surface area contributed by atoms with E-state index in [9.17, 15) is 4.79 Å². The lowest BCUT2D eigenvalue weighted by Gasteiger charge is -2.29. The molecule has 0 bridgehead atoms. The Morgan fingerprint density at radius 3 is 2.51 bits per heavy atom. The maximum atomic E-state index is 12.6. The first-order chi connectivity index (χ1) is 17.1. The van der Waals surface area contributed by atoms with Crippen molar-refractivity contribution in [3.8, 4) is 5.69 Å². The molecule has 0 saturated carbocycles. The molecule has 1 N–H and O–H groups in total. The molecule has 0 spiro atoms. The van der Waals surface area contributed by atoms with Gasteiger partial charge in [0.1, 0.15) is 6.04 Å². The van der Waals surface area contributed by atoms with E-state index in [4.69, 9.17) is 17.0 Å². The van der Waals surface area contributed by atoms with Crippen LogP contribution in [0.25, 0.3) is 5.69 Å². The van der Waals surface area contributed by atoms with E-state index in [-0.39, 0.29) is 18.1 Å². The standard InChI is InChI=1S/C28H26N4O2S/c1-3-19-13-15-20(16-14-19)32-26(25(30-28(32)35)22-10-6-7-17-29-22)24-12-8-18-31(24)23-11-5-4-9-21(23)27(33)34-2/h4-18,25-26H,3H2,1-2H3,(H,30,35)/t25-,26-/m1/s1. The van der Waals surface area contributed by atoms with E-state index in [1.54, 1.807) is 12.3 Å². The van der Waals surface area contributed by atoms with Crippen molar-refractivity contribution in [2.45, 2.75) is 25.4 Å². The fourth-order valence-electron chi connectivity index (χ4n) is 4.65. The number of carbonyl (C=O) groups is 1. The summed E-state index contributed by atoms with van der Waals surface area (Å²) >= 11 is 5.86. The van der Waals surface area contributed by atoms with Crippen LogP contribution >= 0.6 is 12.2 Å². The SMILES string of the molecule is CCc1ccc(N2C(=S)N[C@H](c3ccccn3)[C@H]2c2cccn2-c2ccccc2C(=O)OC)cc1. The second-order valence-electron chi connectivity index (χ2n) is 8.33. The zero-order valence-electron chi connectivity index (χ0n) is 19.6. The number of nitrogens with zero attached hydrogens (tertiary/aromatic N) is 3. The first kappa shape index (κ1) is 22.8. The van der Waals surface area contributed by atoms with Crippen LogP contribution in [0.4, 0.5) is 5.69 Å². The molecule has 1 aliphatic rings. The van der Waals surface area contributed by atoms with Crippen molar-refractivity contribution in [1.29, 1.82) is 0 Å². The van der Waals surface area contributed by atoms with Crippen molar-refractivity contribution in [3.05, 3.63) is 114 Å². The minimum Gasteiger partial charge on any atom is -0.465 e. The third kappa shape index (κ3) is 4.19. The van der Waals surface area contributed by atoms with Crippen LogP contribution in [0.5, 0.6) is 0 Å². The molecule has 35 heavy (non-hydrogen) atoms. The lowest BCUT2D eigenvalue weighted by Crippen LogP contribution is -2.30. The smallest absolute Gasteiger partial charge is 0.339 e. The van der Waals surface area contributed by atoms with Gasteiger partial charge >= 0.3 is 5.97 Å². The molecule has 5 rings (SSSR count). The Morgan fingerprint density at radius 2 is 1.80 bits per heavy atom. The Morgan fingerprint density at radius 1 is 1.03 bits per heavy atom. The summed E-state index contributed by atoms with van der Waals surface area (Å²) in [5, 5.41) is 4.13. The summed E-state index contributed by atoms with van der Waals surface area (Å²) < 4.78 is 7.09. The van der Waals surface area contributed by atoms with Gasteiger partial charge in [0.15, 0.2) is 5.11 Å². The van der Waals surface area contributed by atoms with Gasteiger partial charge in [0.25, 0.3) is 0 Å². The van der Waals surface area contributed by atoms with Crippen LogP contribution in [0.3, 0.4) is 0 Å². The maximum absolute atomic E-state index is 12.6. The van der Waals surface area contributed by atoms with Gasteiger partial charge in [0, 0.05) is 23.8 Å². The van der Waals surface area contributed by atoms with Crippen molar-refractivity contribution in [1.82, 2.24) is 14.9 Å². The molecule has 2 atom stereocenters. The zero-order chi connectivity index (χ0) is 24.4. The van der Waals surface area contributed by atoms with E-state index in [0.717, 1.165) is 29.2 Å². The number of rotatable bonds is 6. The van der Waals surface area contributed by atoms with Gasteiger partial charge in [-0.2, -0.15) is 0 Å². The van der Waals surface area contributed by atoms with Gasteiger partial charge < -0.3 is 19.5 Å². The van der Waals surface area contributed by atoms with E-state index in [1.165, 1.54) is 12.7 Å². The monoisotopic (exact) mass is 482 g/mol. The number of hydrogen-bond donors (Lipinski definition) is 1. The summed E-state index contributed by atoms with van der Waals surface area (Å²) in [6, 6.07) is 25.5. The number of hydrogen-bond acceptors (Lipinski definition) is 4. The summed E-state index contributed by atoms with van der Waals surface area (Å²) in [7, 11) is 1.40. The van der Waals surface area contributed by atoms with E-state index >= 15 is 0 Å². The molecule has 3 heterocycles. The van der Waals surface area contributed by atoms with Crippen LogP contribution in [0.15, 0.2) is 91.3 Å². The Labute approximate surface area is 210 Å². The summed E-state index contributed by atoms with van der Waals surface area (Å²) in [6.07, 6.45) is 4.73. The quantitative estimate of drug-likeness (QED) is 0.293. The number of methoxy groups -OCH3 is 1. The molecule has 7 heteroatoms. The lowest BCUT2D eigenvalue weighted by atomic mass is 10.00. The molecule has 0 aliphatic carbocycles. The van der Waals surface area contributed by atoms with Crippen molar-refractivity contribution in [2.75, 3.05) is 12.0 Å². The Kier molecular flexibility index (Phi) is 6.33. The highest BCUT2D eigenvalue weighted by Gasteiger charge is 2.42. The Hall–Kier alpha value is -3.97. The average Bonchev–Trinajstić information content (AvgIpc) is 3.53. The zero-order valence-corrected chi connectivity index (χ0v) is 20.4. The number of carbonyl (C=O) groups excluding carboxylic acids is 1. The predicted molar refractivity (Wildman–Crippen MR) is 141 cm³/mol. The van der Waals surface area contributed by atoms with E-state index in [0.29, 0.717) is 10.7 Å². The third-order valence-electron chi connectivity index (χ3n) is 6.37. The second-order valence-corrected chi connectivity index (χ2v) is 8.72. The lowest BCUT2D eigenvalue weighted by molar-refractivity contribution is 0.0600. The summed E-state index contributed by atoms with van der Waals surface area (Å²) in [5.74, 6) is -0.381. The molecule has 1 fully saturated rings.